The first-order chi connectivity index (χ1) is 17.0. The summed E-state index contributed by atoms with van der Waals surface area (Å²) in [5, 5.41) is 2.51. The molecule has 178 valence electrons. The Hall–Kier alpha value is -3.34. The minimum absolute atomic E-state index is 0.117. The molecule has 35 heavy (non-hydrogen) atoms. The molecule has 7 heteroatoms. The van der Waals surface area contributed by atoms with Crippen LogP contribution in [0.4, 0.5) is 0 Å². The van der Waals surface area contributed by atoms with E-state index in [9.17, 15) is 13.0 Å². The number of hydrogen-bond acceptors (Lipinski definition) is 4. The van der Waals surface area contributed by atoms with Crippen molar-refractivity contribution < 1.29 is 17.5 Å². The molecule has 1 aliphatic heterocycles. The van der Waals surface area contributed by atoms with Gasteiger partial charge in [-0.3, -0.25) is 4.57 Å². The summed E-state index contributed by atoms with van der Waals surface area (Å²) in [5.74, 6) is 0.117. The van der Waals surface area contributed by atoms with Crippen LogP contribution in [0.1, 0.15) is 19.3 Å². The van der Waals surface area contributed by atoms with Crippen molar-refractivity contribution >= 4 is 38.8 Å². The highest BCUT2D eigenvalue weighted by atomic mass is 32.2. The lowest BCUT2D eigenvalue weighted by Crippen LogP contribution is -2.33. The summed E-state index contributed by atoms with van der Waals surface area (Å²) >= 11 is 0. The van der Waals surface area contributed by atoms with Crippen molar-refractivity contribution in [1.82, 2.24) is 4.31 Å². The minimum atomic E-state index is -3.98. The van der Waals surface area contributed by atoms with E-state index in [1.807, 2.05) is 42.5 Å². The van der Waals surface area contributed by atoms with Crippen LogP contribution in [0.5, 0.6) is 0 Å². The second kappa shape index (κ2) is 9.73. The summed E-state index contributed by atoms with van der Waals surface area (Å²) in [5.41, 5.74) is 0. The molecule has 4 aromatic rings. The second-order valence-electron chi connectivity index (χ2n) is 8.41. The van der Waals surface area contributed by atoms with Crippen LogP contribution in [0.2, 0.25) is 0 Å². The summed E-state index contributed by atoms with van der Waals surface area (Å²) < 4.78 is 50.2. The fourth-order valence-electron chi connectivity index (χ4n) is 4.33. The Labute approximate surface area is 206 Å². The summed E-state index contributed by atoms with van der Waals surface area (Å²) in [7, 11) is -7.61. The third-order valence-corrected chi connectivity index (χ3v) is 10.4. The first-order valence-electron chi connectivity index (χ1n) is 11.6. The van der Waals surface area contributed by atoms with Gasteiger partial charge in [-0.15, -0.1) is 0 Å². The normalized spacial score (nSPS) is 14.9. The average molecular weight is 504 g/mol. The Morgan fingerprint density at radius 2 is 1.31 bits per heavy atom. The standard InChI is InChI=1S/C28H26NO4PS/c30-34(24-15-4-1-5-16-24,25-17-6-2-7-18-25)33-28-21-8-3-11-22-29(28)35(31,32)27-20-12-14-23-13-9-10-19-26(23)27/h1-2,4-7,9-10,12-21H,3,8,11,22H2. The molecule has 0 radical (unpaired) electrons. The van der Waals surface area contributed by atoms with Gasteiger partial charge in [0.25, 0.3) is 10.0 Å². The Balaban J connectivity index is 1.62. The van der Waals surface area contributed by atoms with Crippen LogP contribution >= 0.6 is 7.37 Å². The largest absolute Gasteiger partial charge is 0.420 e. The van der Waals surface area contributed by atoms with Crippen molar-refractivity contribution in [3.63, 3.8) is 0 Å². The lowest BCUT2D eigenvalue weighted by Gasteiger charge is -2.29. The highest BCUT2D eigenvalue weighted by molar-refractivity contribution is 7.89. The van der Waals surface area contributed by atoms with Gasteiger partial charge in [-0.2, -0.15) is 0 Å². The van der Waals surface area contributed by atoms with Gasteiger partial charge in [0.1, 0.15) is 0 Å². The summed E-state index contributed by atoms with van der Waals surface area (Å²) in [6.07, 6.45) is 3.89. The molecular weight excluding hydrogens is 477 g/mol. The van der Waals surface area contributed by atoms with Crippen LogP contribution in [0.25, 0.3) is 10.8 Å². The molecule has 0 fully saturated rings. The Kier molecular flexibility index (Phi) is 6.50. The Bertz CT molecular complexity index is 1470. The van der Waals surface area contributed by atoms with E-state index < -0.39 is 17.4 Å². The quantitative estimate of drug-likeness (QED) is 0.312. The molecule has 1 aliphatic rings. The lowest BCUT2D eigenvalue weighted by atomic mass is 10.1. The number of allylic oxidation sites excluding steroid dienone is 1. The van der Waals surface area contributed by atoms with Crippen LogP contribution in [0.15, 0.2) is 120 Å². The van der Waals surface area contributed by atoms with E-state index in [1.165, 1.54) is 4.31 Å². The molecule has 5 nitrogen and oxygen atoms in total. The fraction of sp³-hybridized carbons (Fsp3) is 0.143. The monoisotopic (exact) mass is 503 g/mol. The number of sulfonamides is 1. The summed E-state index contributed by atoms with van der Waals surface area (Å²) in [6.45, 7) is 0.251. The van der Waals surface area contributed by atoms with Crippen molar-refractivity contribution in [2.75, 3.05) is 6.54 Å². The second-order valence-corrected chi connectivity index (χ2v) is 12.6. The maximum absolute atomic E-state index is 14.5. The van der Waals surface area contributed by atoms with Crippen molar-refractivity contribution in [2.24, 2.45) is 0 Å². The van der Waals surface area contributed by atoms with Crippen molar-refractivity contribution in [3.05, 3.63) is 115 Å². The Morgan fingerprint density at radius 1 is 0.714 bits per heavy atom. The fourth-order valence-corrected chi connectivity index (χ4v) is 8.13. The third kappa shape index (κ3) is 4.52. The minimum Gasteiger partial charge on any atom is -0.420 e. The zero-order chi connectivity index (χ0) is 24.3. The van der Waals surface area contributed by atoms with Gasteiger partial charge in [-0.1, -0.05) is 72.8 Å². The van der Waals surface area contributed by atoms with Gasteiger partial charge in [0.2, 0.25) is 5.88 Å². The molecular formula is C28H26NO4PS. The number of hydrogen-bond donors (Lipinski definition) is 0. The van der Waals surface area contributed by atoms with Gasteiger partial charge < -0.3 is 4.52 Å². The molecule has 0 unspecified atom stereocenters. The first-order valence-corrected chi connectivity index (χ1v) is 14.7. The average Bonchev–Trinajstić information content (AvgIpc) is 3.15. The highest BCUT2D eigenvalue weighted by Gasteiger charge is 2.36. The van der Waals surface area contributed by atoms with Gasteiger partial charge in [-0.05, 0) is 61.1 Å². The van der Waals surface area contributed by atoms with Crippen LogP contribution in [-0.4, -0.2) is 19.3 Å². The molecule has 4 aromatic carbocycles. The molecule has 0 spiro atoms. The molecule has 0 amide bonds. The van der Waals surface area contributed by atoms with Gasteiger partial charge >= 0.3 is 7.37 Å². The topological polar surface area (TPSA) is 63.7 Å². The number of rotatable bonds is 6. The van der Waals surface area contributed by atoms with E-state index in [-0.39, 0.29) is 17.3 Å². The van der Waals surface area contributed by atoms with Gasteiger partial charge in [0.15, 0.2) is 0 Å². The third-order valence-electron chi connectivity index (χ3n) is 6.11. The number of fused-ring (bicyclic) bond motifs is 1. The van der Waals surface area contributed by atoms with Crippen molar-refractivity contribution in [2.45, 2.75) is 24.2 Å². The molecule has 0 saturated heterocycles. The zero-order valence-electron chi connectivity index (χ0n) is 19.2. The van der Waals surface area contributed by atoms with E-state index in [1.54, 1.807) is 66.7 Å². The maximum atomic E-state index is 14.5. The van der Waals surface area contributed by atoms with Crippen molar-refractivity contribution in [1.29, 1.82) is 0 Å². The number of nitrogens with zero attached hydrogens (tertiary/aromatic N) is 1. The molecule has 0 bridgehead atoms. The molecule has 0 aliphatic carbocycles. The molecule has 0 aromatic heterocycles. The van der Waals surface area contributed by atoms with E-state index >= 15 is 0 Å². The highest BCUT2D eigenvalue weighted by Crippen LogP contribution is 2.48. The van der Waals surface area contributed by atoms with Crippen molar-refractivity contribution in [3.8, 4) is 0 Å². The molecule has 0 saturated carbocycles. The van der Waals surface area contributed by atoms with E-state index in [0.29, 0.717) is 28.8 Å². The summed E-state index contributed by atoms with van der Waals surface area (Å²) in [6, 6.07) is 30.6. The Morgan fingerprint density at radius 3 is 2.00 bits per heavy atom. The van der Waals surface area contributed by atoms with Crippen LogP contribution < -0.4 is 10.6 Å². The molecule has 0 N–H and O–H groups in total. The predicted molar refractivity (Wildman–Crippen MR) is 141 cm³/mol. The first kappa shape index (κ1) is 23.4. The van der Waals surface area contributed by atoms with Gasteiger partial charge in [0.05, 0.1) is 15.5 Å². The molecule has 5 rings (SSSR count). The maximum Gasteiger partial charge on any atom is 0.307 e. The van der Waals surface area contributed by atoms with Crippen LogP contribution in [0.3, 0.4) is 0 Å². The molecule has 1 heterocycles. The van der Waals surface area contributed by atoms with E-state index in [4.69, 9.17) is 4.52 Å². The van der Waals surface area contributed by atoms with Gasteiger partial charge in [-0.25, -0.2) is 12.7 Å². The zero-order valence-corrected chi connectivity index (χ0v) is 20.9. The smallest absolute Gasteiger partial charge is 0.307 e. The predicted octanol–water partition coefficient (Wildman–Crippen LogP) is 5.80. The SMILES string of the molecule is O=P(OC1=CCCCCN1S(=O)(=O)c1cccc2ccccc12)(c1ccccc1)c1ccccc1. The van der Waals surface area contributed by atoms with Crippen LogP contribution in [-0.2, 0) is 19.1 Å². The van der Waals surface area contributed by atoms with E-state index in [2.05, 4.69) is 0 Å². The molecule has 0 atom stereocenters. The lowest BCUT2D eigenvalue weighted by molar-refractivity contribution is 0.306. The van der Waals surface area contributed by atoms with E-state index in [0.717, 1.165) is 11.8 Å². The van der Waals surface area contributed by atoms with Crippen LogP contribution in [0, 0.1) is 0 Å². The summed E-state index contributed by atoms with van der Waals surface area (Å²) in [4.78, 5) is 0.209. The number of benzene rings is 4. The van der Waals surface area contributed by atoms with Gasteiger partial charge in [0, 0.05) is 11.9 Å².